The van der Waals surface area contributed by atoms with Gasteiger partial charge in [0.1, 0.15) is 0 Å². The van der Waals surface area contributed by atoms with Crippen molar-refractivity contribution in [2.45, 2.75) is 45.2 Å². The molecule has 1 aromatic rings. The molecule has 1 aliphatic rings. The predicted octanol–water partition coefficient (Wildman–Crippen LogP) is 3.05. The number of nitrogens with one attached hydrogen (secondary N) is 1. The summed E-state index contributed by atoms with van der Waals surface area (Å²) in [5, 5.41) is 8.11. The van der Waals surface area contributed by atoms with Crippen LogP contribution in [0.3, 0.4) is 0 Å². The Kier molecular flexibility index (Phi) is 5.26. The molecule has 20 heavy (non-hydrogen) atoms. The van der Waals surface area contributed by atoms with Gasteiger partial charge in [-0.3, -0.25) is 4.68 Å². The summed E-state index contributed by atoms with van der Waals surface area (Å²) < 4.78 is 3.29. The lowest BCUT2D eigenvalue weighted by molar-refractivity contribution is 0.220. The first-order chi connectivity index (χ1) is 9.48. The first-order valence-electron chi connectivity index (χ1n) is 7.51. The van der Waals surface area contributed by atoms with Crippen LogP contribution in [-0.2, 0) is 6.54 Å². The van der Waals surface area contributed by atoms with E-state index in [0.29, 0.717) is 11.5 Å². The van der Waals surface area contributed by atoms with Crippen LogP contribution in [0.1, 0.15) is 44.3 Å². The molecular formula is C15H27BrN4. The van der Waals surface area contributed by atoms with Gasteiger partial charge in [0.25, 0.3) is 0 Å². The second-order valence-corrected chi connectivity index (χ2v) is 7.34. The van der Waals surface area contributed by atoms with E-state index in [1.54, 1.807) is 0 Å². The maximum Gasteiger partial charge on any atom is 0.0701 e. The van der Waals surface area contributed by atoms with E-state index in [2.05, 4.69) is 64.0 Å². The summed E-state index contributed by atoms with van der Waals surface area (Å²) in [6, 6.07) is 0.365. The number of halogens is 1. The zero-order valence-electron chi connectivity index (χ0n) is 13.1. The van der Waals surface area contributed by atoms with Gasteiger partial charge in [-0.1, -0.05) is 19.8 Å². The average molecular weight is 343 g/mol. The fourth-order valence-electron chi connectivity index (χ4n) is 3.42. The molecule has 1 saturated carbocycles. The topological polar surface area (TPSA) is 33.1 Å². The van der Waals surface area contributed by atoms with Crippen molar-refractivity contribution in [1.82, 2.24) is 20.0 Å². The van der Waals surface area contributed by atoms with Crippen LogP contribution in [0.25, 0.3) is 0 Å². The number of rotatable bonds is 6. The van der Waals surface area contributed by atoms with Gasteiger partial charge in [-0.2, -0.15) is 5.10 Å². The second kappa shape index (κ2) is 6.58. The van der Waals surface area contributed by atoms with E-state index in [-0.39, 0.29) is 0 Å². The molecule has 0 saturated heterocycles. The van der Waals surface area contributed by atoms with Gasteiger partial charge >= 0.3 is 0 Å². The SMILES string of the molecule is CNC(c1c(Br)cnn1CCN(C)C)C1(C)CCCC1. The molecule has 1 aromatic heterocycles. The van der Waals surface area contributed by atoms with Gasteiger partial charge in [-0.25, -0.2) is 0 Å². The van der Waals surface area contributed by atoms with Gasteiger partial charge in [0.2, 0.25) is 0 Å². The van der Waals surface area contributed by atoms with Crippen LogP contribution in [0.5, 0.6) is 0 Å². The lowest BCUT2D eigenvalue weighted by Crippen LogP contribution is -2.35. The van der Waals surface area contributed by atoms with E-state index in [1.165, 1.54) is 31.4 Å². The average Bonchev–Trinajstić information content (AvgIpc) is 2.97. The Balaban J connectivity index is 2.26. The van der Waals surface area contributed by atoms with E-state index in [9.17, 15) is 0 Å². The Morgan fingerprint density at radius 3 is 2.65 bits per heavy atom. The van der Waals surface area contributed by atoms with Crippen molar-refractivity contribution in [3.63, 3.8) is 0 Å². The summed E-state index contributed by atoms with van der Waals surface area (Å²) in [7, 11) is 6.28. The third kappa shape index (κ3) is 3.26. The molecule has 0 aromatic carbocycles. The van der Waals surface area contributed by atoms with Crippen molar-refractivity contribution >= 4 is 15.9 Å². The number of hydrogen-bond donors (Lipinski definition) is 1. The highest BCUT2D eigenvalue weighted by Gasteiger charge is 2.39. The van der Waals surface area contributed by atoms with Crippen molar-refractivity contribution in [2.75, 3.05) is 27.7 Å². The van der Waals surface area contributed by atoms with E-state index >= 15 is 0 Å². The summed E-state index contributed by atoms with van der Waals surface area (Å²) in [6.45, 7) is 4.35. The predicted molar refractivity (Wildman–Crippen MR) is 86.9 cm³/mol. The fourth-order valence-corrected chi connectivity index (χ4v) is 3.94. The minimum atomic E-state index is 0.340. The summed E-state index contributed by atoms with van der Waals surface area (Å²) in [5.41, 5.74) is 1.64. The third-order valence-corrected chi connectivity index (χ3v) is 5.21. The standard InChI is InChI=1S/C15H27BrN4/c1-15(7-5-6-8-15)14(17-2)13-12(16)11-18-20(13)10-9-19(3)4/h11,14,17H,5-10H2,1-4H3. The fraction of sp³-hybridized carbons (Fsp3) is 0.800. The van der Waals surface area contributed by atoms with Crippen LogP contribution >= 0.6 is 15.9 Å². The Morgan fingerprint density at radius 2 is 2.10 bits per heavy atom. The molecule has 1 atom stereocenters. The van der Waals surface area contributed by atoms with Crippen LogP contribution in [0.2, 0.25) is 0 Å². The van der Waals surface area contributed by atoms with Crippen molar-refractivity contribution in [2.24, 2.45) is 5.41 Å². The third-order valence-electron chi connectivity index (χ3n) is 4.60. The monoisotopic (exact) mass is 342 g/mol. The summed E-state index contributed by atoms with van der Waals surface area (Å²) in [4.78, 5) is 2.20. The molecule has 1 N–H and O–H groups in total. The molecule has 1 aliphatic carbocycles. The lowest BCUT2D eigenvalue weighted by atomic mass is 9.79. The van der Waals surface area contributed by atoms with Crippen molar-refractivity contribution in [1.29, 1.82) is 0 Å². The number of aromatic nitrogens is 2. The van der Waals surface area contributed by atoms with E-state index in [4.69, 9.17) is 0 Å². The molecule has 1 heterocycles. The molecule has 1 unspecified atom stereocenters. The zero-order valence-corrected chi connectivity index (χ0v) is 14.7. The normalized spacial score (nSPS) is 19.7. The highest BCUT2D eigenvalue weighted by molar-refractivity contribution is 9.10. The van der Waals surface area contributed by atoms with E-state index < -0.39 is 0 Å². The molecule has 114 valence electrons. The largest absolute Gasteiger partial charge is 0.311 e. The van der Waals surface area contributed by atoms with Crippen LogP contribution in [-0.4, -0.2) is 42.4 Å². The Hall–Kier alpha value is -0.390. The Labute approximate surface area is 131 Å². The minimum absolute atomic E-state index is 0.340. The van der Waals surface area contributed by atoms with Crippen LogP contribution in [0.15, 0.2) is 10.7 Å². The van der Waals surface area contributed by atoms with Gasteiger partial charge in [0.05, 0.1) is 29.0 Å². The summed E-state index contributed by atoms with van der Waals surface area (Å²) in [6.07, 6.45) is 7.22. The second-order valence-electron chi connectivity index (χ2n) is 6.49. The van der Waals surface area contributed by atoms with Crippen molar-refractivity contribution in [3.8, 4) is 0 Å². The maximum atomic E-state index is 4.56. The number of nitrogens with zero attached hydrogens (tertiary/aromatic N) is 3. The first-order valence-corrected chi connectivity index (χ1v) is 8.30. The van der Waals surface area contributed by atoms with E-state index in [1.807, 2.05) is 6.20 Å². The molecule has 5 heteroatoms. The first kappa shape index (κ1) is 16.0. The van der Waals surface area contributed by atoms with Crippen molar-refractivity contribution < 1.29 is 0 Å². The minimum Gasteiger partial charge on any atom is -0.311 e. The molecule has 1 fully saturated rings. The summed E-state index contributed by atoms with van der Waals surface area (Å²) in [5.74, 6) is 0. The van der Waals surface area contributed by atoms with Gasteiger partial charge in [-0.05, 0) is 55.3 Å². The molecule has 0 amide bonds. The van der Waals surface area contributed by atoms with Crippen LogP contribution in [0.4, 0.5) is 0 Å². The molecule has 4 nitrogen and oxygen atoms in total. The molecule has 0 bridgehead atoms. The number of hydrogen-bond acceptors (Lipinski definition) is 3. The molecule has 0 radical (unpaired) electrons. The van der Waals surface area contributed by atoms with Gasteiger partial charge < -0.3 is 10.2 Å². The number of likely N-dealkylation sites (N-methyl/N-ethyl adjacent to an activating group) is 1. The molecule has 0 spiro atoms. The van der Waals surface area contributed by atoms with E-state index in [0.717, 1.165) is 17.6 Å². The van der Waals surface area contributed by atoms with Crippen LogP contribution < -0.4 is 5.32 Å². The molecular weight excluding hydrogens is 316 g/mol. The van der Waals surface area contributed by atoms with Gasteiger partial charge in [0.15, 0.2) is 0 Å². The quantitative estimate of drug-likeness (QED) is 0.862. The van der Waals surface area contributed by atoms with Crippen molar-refractivity contribution in [3.05, 3.63) is 16.4 Å². The smallest absolute Gasteiger partial charge is 0.0701 e. The Bertz CT molecular complexity index is 435. The lowest BCUT2D eigenvalue weighted by Gasteiger charge is -2.34. The highest BCUT2D eigenvalue weighted by atomic mass is 79.9. The van der Waals surface area contributed by atoms with Gasteiger partial charge in [0, 0.05) is 6.54 Å². The highest BCUT2D eigenvalue weighted by Crippen LogP contribution is 2.48. The molecule has 0 aliphatic heterocycles. The maximum absolute atomic E-state index is 4.56. The zero-order chi connectivity index (χ0) is 14.8. The summed E-state index contributed by atoms with van der Waals surface area (Å²) >= 11 is 3.70. The van der Waals surface area contributed by atoms with Crippen LogP contribution in [0, 0.1) is 5.41 Å². The van der Waals surface area contributed by atoms with Gasteiger partial charge in [-0.15, -0.1) is 0 Å². The molecule has 2 rings (SSSR count). The Morgan fingerprint density at radius 1 is 1.45 bits per heavy atom.